The second-order valence-corrected chi connectivity index (χ2v) is 6.96. The Morgan fingerprint density at radius 2 is 2.00 bits per heavy atom. The molecular formula is C22H29FN4. The minimum atomic E-state index is -0.183. The molecule has 4 nitrogen and oxygen atoms in total. The Hall–Kier alpha value is -2.56. The number of guanidine groups is 1. The van der Waals surface area contributed by atoms with Gasteiger partial charge in [0.25, 0.3) is 0 Å². The molecule has 2 N–H and O–H groups in total. The van der Waals surface area contributed by atoms with Crippen LogP contribution >= 0.6 is 0 Å². The zero-order chi connectivity index (χ0) is 18.9. The maximum absolute atomic E-state index is 13.3. The third-order valence-electron chi connectivity index (χ3n) is 4.85. The van der Waals surface area contributed by atoms with Crippen LogP contribution in [0.3, 0.4) is 0 Å². The van der Waals surface area contributed by atoms with Crippen LogP contribution in [-0.2, 0) is 6.42 Å². The zero-order valence-electron chi connectivity index (χ0n) is 16.0. The highest BCUT2D eigenvalue weighted by Crippen LogP contribution is 2.23. The fraction of sp³-hybridized carbons (Fsp3) is 0.409. The van der Waals surface area contributed by atoms with E-state index in [9.17, 15) is 4.39 Å². The first-order valence-corrected chi connectivity index (χ1v) is 9.81. The summed E-state index contributed by atoms with van der Waals surface area (Å²) in [5, 5.41) is 6.66. The average Bonchev–Trinajstić information content (AvgIpc) is 3.16. The second-order valence-electron chi connectivity index (χ2n) is 6.96. The summed E-state index contributed by atoms with van der Waals surface area (Å²) in [6.45, 7) is 6.59. The first kappa shape index (κ1) is 19.2. The monoisotopic (exact) mass is 368 g/mol. The van der Waals surface area contributed by atoms with Gasteiger partial charge in [0, 0.05) is 38.4 Å². The molecule has 0 amide bonds. The van der Waals surface area contributed by atoms with Gasteiger partial charge in [-0.25, -0.2) is 4.39 Å². The molecule has 0 spiro atoms. The molecule has 0 bridgehead atoms. The number of aliphatic imine (C=N–C) groups is 1. The van der Waals surface area contributed by atoms with E-state index in [-0.39, 0.29) is 5.82 Å². The van der Waals surface area contributed by atoms with E-state index in [0.717, 1.165) is 50.7 Å². The van der Waals surface area contributed by atoms with E-state index >= 15 is 0 Å². The number of anilines is 1. The van der Waals surface area contributed by atoms with E-state index in [0.29, 0.717) is 5.92 Å². The van der Waals surface area contributed by atoms with Gasteiger partial charge in [-0.1, -0.05) is 30.3 Å². The third-order valence-corrected chi connectivity index (χ3v) is 4.85. The molecule has 0 aromatic heterocycles. The summed E-state index contributed by atoms with van der Waals surface area (Å²) < 4.78 is 13.3. The van der Waals surface area contributed by atoms with Crippen LogP contribution in [0.4, 0.5) is 10.1 Å². The highest BCUT2D eigenvalue weighted by Gasteiger charge is 2.22. The summed E-state index contributed by atoms with van der Waals surface area (Å²) >= 11 is 0. The number of hydrogen-bond acceptors (Lipinski definition) is 2. The smallest absolute Gasteiger partial charge is 0.191 e. The van der Waals surface area contributed by atoms with Gasteiger partial charge >= 0.3 is 0 Å². The number of rotatable bonds is 7. The lowest BCUT2D eigenvalue weighted by molar-refractivity contribution is 0.599. The molecular weight excluding hydrogens is 339 g/mol. The number of halogens is 1. The topological polar surface area (TPSA) is 39.7 Å². The van der Waals surface area contributed by atoms with Crippen molar-refractivity contribution in [2.45, 2.75) is 19.8 Å². The summed E-state index contributed by atoms with van der Waals surface area (Å²) in [4.78, 5) is 7.20. The number of nitrogens with one attached hydrogen (secondary N) is 2. The fourth-order valence-corrected chi connectivity index (χ4v) is 3.43. The van der Waals surface area contributed by atoms with Gasteiger partial charge in [-0.05, 0) is 55.5 Å². The van der Waals surface area contributed by atoms with E-state index in [1.54, 1.807) is 12.1 Å². The predicted octanol–water partition coefficient (Wildman–Crippen LogP) is 3.45. The minimum Gasteiger partial charge on any atom is -0.371 e. The van der Waals surface area contributed by atoms with Crippen molar-refractivity contribution in [3.05, 3.63) is 66.0 Å². The van der Waals surface area contributed by atoms with E-state index in [4.69, 9.17) is 4.99 Å². The van der Waals surface area contributed by atoms with Crippen molar-refractivity contribution in [1.29, 1.82) is 0 Å². The van der Waals surface area contributed by atoms with Gasteiger partial charge in [0.2, 0.25) is 0 Å². The number of benzene rings is 2. The predicted molar refractivity (Wildman–Crippen MR) is 111 cm³/mol. The highest BCUT2D eigenvalue weighted by molar-refractivity contribution is 5.79. The second kappa shape index (κ2) is 9.95. The molecule has 1 fully saturated rings. The summed E-state index contributed by atoms with van der Waals surface area (Å²) in [6, 6.07) is 17.3. The van der Waals surface area contributed by atoms with Crippen molar-refractivity contribution >= 4 is 11.6 Å². The van der Waals surface area contributed by atoms with Crippen LogP contribution in [0.1, 0.15) is 18.9 Å². The van der Waals surface area contributed by atoms with Crippen LogP contribution in [0.5, 0.6) is 0 Å². The van der Waals surface area contributed by atoms with Crippen molar-refractivity contribution in [1.82, 2.24) is 10.6 Å². The summed E-state index contributed by atoms with van der Waals surface area (Å²) in [5.41, 5.74) is 2.29. The molecule has 5 heteroatoms. The maximum atomic E-state index is 13.3. The van der Waals surface area contributed by atoms with E-state index in [1.807, 2.05) is 6.07 Å². The summed E-state index contributed by atoms with van der Waals surface area (Å²) in [7, 11) is 0. The molecule has 2 aromatic carbocycles. The number of nitrogens with zero attached hydrogens (tertiary/aromatic N) is 2. The van der Waals surface area contributed by atoms with Crippen molar-refractivity contribution in [2.75, 3.05) is 37.6 Å². The first-order valence-electron chi connectivity index (χ1n) is 9.81. The lowest BCUT2D eigenvalue weighted by Gasteiger charge is -2.18. The van der Waals surface area contributed by atoms with Crippen LogP contribution in [-0.4, -0.2) is 38.7 Å². The van der Waals surface area contributed by atoms with Crippen molar-refractivity contribution in [3.8, 4) is 0 Å². The summed E-state index contributed by atoms with van der Waals surface area (Å²) in [6.07, 6.45) is 1.94. The van der Waals surface area contributed by atoms with E-state index < -0.39 is 0 Å². The Labute approximate surface area is 161 Å². The minimum absolute atomic E-state index is 0.183. The van der Waals surface area contributed by atoms with Gasteiger partial charge in [-0.2, -0.15) is 0 Å². The van der Waals surface area contributed by atoms with Crippen molar-refractivity contribution < 1.29 is 4.39 Å². The molecule has 1 heterocycles. The molecule has 144 valence electrons. The summed E-state index contributed by atoms with van der Waals surface area (Å²) in [5.74, 6) is 1.23. The van der Waals surface area contributed by atoms with E-state index in [2.05, 4.69) is 52.8 Å². The van der Waals surface area contributed by atoms with Gasteiger partial charge in [0.1, 0.15) is 5.82 Å². The lowest BCUT2D eigenvalue weighted by Crippen LogP contribution is -2.38. The lowest BCUT2D eigenvalue weighted by atomic mass is 10.1. The largest absolute Gasteiger partial charge is 0.371 e. The molecule has 0 saturated carbocycles. The number of para-hydroxylation sites is 1. The molecule has 1 aliphatic heterocycles. The van der Waals surface area contributed by atoms with Crippen molar-refractivity contribution in [3.63, 3.8) is 0 Å². The molecule has 27 heavy (non-hydrogen) atoms. The molecule has 0 radical (unpaired) electrons. The molecule has 1 unspecified atom stereocenters. The Morgan fingerprint density at radius 1 is 1.15 bits per heavy atom. The Bertz CT molecular complexity index is 732. The molecule has 1 atom stereocenters. The van der Waals surface area contributed by atoms with Crippen LogP contribution in [0.15, 0.2) is 59.6 Å². The van der Waals surface area contributed by atoms with Gasteiger partial charge in [0.15, 0.2) is 5.96 Å². The van der Waals surface area contributed by atoms with Crippen LogP contribution in [0.2, 0.25) is 0 Å². The molecule has 0 aliphatic carbocycles. The SMILES string of the molecule is CCNC(=NCC1CCN(c2ccccc2)C1)NCCc1cccc(F)c1. The Kier molecular flexibility index (Phi) is 7.08. The number of hydrogen-bond donors (Lipinski definition) is 2. The Balaban J connectivity index is 1.47. The fourth-order valence-electron chi connectivity index (χ4n) is 3.43. The Morgan fingerprint density at radius 3 is 2.78 bits per heavy atom. The van der Waals surface area contributed by atoms with Gasteiger partial charge < -0.3 is 15.5 Å². The zero-order valence-corrected chi connectivity index (χ0v) is 16.0. The van der Waals surface area contributed by atoms with Crippen LogP contribution in [0, 0.1) is 11.7 Å². The maximum Gasteiger partial charge on any atom is 0.191 e. The molecule has 1 saturated heterocycles. The first-order chi connectivity index (χ1) is 13.2. The van der Waals surface area contributed by atoms with Crippen LogP contribution < -0.4 is 15.5 Å². The standard InChI is InChI=1S/C22H29FN4/c1-2-24-22(25-13-11-18-7-6-8-20(23)15-18)26-16-19-12-14-27(17-19)21-9-4-3-5-10-21/h3-10,15,19H,2,11-14,16-17H2,1H3,(H2,24,25,26). The van der Waals surface area contributed by atoms with Gasteiger partial charge in [-0.3, -0.25) is 4.99 Å². The van der Waals surface area contributed by atoms with E-state index in [1.165, 1.54) is 18.2 Å². The van der Waals surface area contributed by atoms with Gasteiger partial charge in [-0.15, -0.1) is 0 Å². The average molecular weight is 369 g/mol. The third kappa shape index (κ3) is 5.98. The van der Waals surface area contributed by atoms with Crippen LogP contribution in [0.25, 0.3) is 0 Å². The van der Waals surface area contributed by atoms with Crippen molar-refractivity contribution in [2.24, 2.45) is 10.9 Å². The molecule has 1 aliphatic rings. The van der Waals surface area contributed by atoms with Gasteiger partial charge in [0.05, 0.1) is 0 Å². The quantitative estimate of drug-likeness (QED) is 0.581. The molecule has 2 aromatic rings. The molecule has 3 rings (SSSR count). The normalized spacial score (nSPS) is 17.2. The highest BCUT2D eigenvalue weighted by atomic mass is 19.1.